The van der Waals surface area contributed by atoms with Gasteiger partial charge in [-0.1, -0.05) is 72.0 Å². The molecule has 0 radical (unpaired) electrons. The first-order valence-electron chi connectivity index (χ1n) is 13.5. The van der Waals surface area contributed by atoms with Gasteiger partial charge in [0.1, 0.15) is 5.75 Å². The molecule has 3 aromatic carbocycles. The SMILES string of the molecule is C=CCn1c(C)c(/C=c2\sc3n(c2=O)[C@H](c2ccc(OC)cc2)C2=C(N=3)c3ccccc3CC2)c2ccccc21. The van der Waals surface area contributed by atoms with Gasteiger partial charge in [0, 0.05) is 34.3 Å². The zero-order valence-corrected chi connectivity index (χ0v) is 23.4. The fourth-order valence-electron chi connectivity index (χ4n) is 6.24. The molecule has 0 saturated heterocycles. The highest BCUT2D eigenvalue weighted by molar-refractivity contribution is 7.07. The Morgan fingerprint density at radius 1 is 1.05 bits per heavy atom. The van der Waals surface area contributed by atoms with Crippen LogP contribution in [0, 0.1) is 6.92 Å². The minimum atomic E-state index is -0.212. The Kier molecular flexibility index (Phi) is 5.93. The zero-order valence-electron chi connectivity index (χ0n) is 22.6. The minimum Gasteiger partial charge on any atom is -0.497 e. The molecule has 0 fully saturated rings. The number of methoxy groups -OCH3 is 1. The molecule has 0 unspecified atom stereocenters. The lowest BCUT2D eigenvalue weighted by molar-refractivity contribution is 0.414. The quantitative estimate of drug-likeness (QED) is 0.264. The summed E-state index contributed by atoms with van der Waals surface area (Å²) in [5, 5.41) is 1.13. The number of nitrogens with zero attached hydrogens (tertiary/aromatic N) is 3. The average Bonchev–Trinajstić information content (AvgIpc) is 3.45. The molecule has 198 valence electrons. The Bertz CT molecular complexity index is 2020. The summed E-state index contributed by atoms with van der Waals surface area (Å²) in [5.41, 5.74) is 9.07. The second-order valence-electron chi connectivity index (χ2n) is 10.3. The van der Waals surface area contributed by atoms with Crippen molar-refractivity contribution in [1.82, 2.24) is 9.13 Å². The Balaban J connectivity index is 1.49. The van der Waals surface area contributed by atoms with Crippen LogP contribution in [0.4, 0.5) is 0 Å². The standard InChI is InChI=1S/C34H29N3O2S/c1-4-19-36-21(2)28(26-11-7-8-12-29(26)36)20-30-33(38)37-32(23-13-16-24(39-3)17-14-23)27-18-15-22-9-5-6-10-25(22)31(27)35-34(37)40-30/h4-14,16-17,20,32H,1,15,18-19H2,2-3H3/b30-20-/t32-/m1/s1. The number of rotatable bonds is 5. The highest BCUT2D eigenvalue weighted by Crippen LogP contribution is 2.41. The minimum absolute atomic E-state index is 0.00470. The Hall–Kier alpha value is -4.42. The number of hydrogen-bond donors (Lipinski definition) is 0. The predicted molar refractivity (Wildman–Crippen MR) is 163 cm³/mol. The molecule has 3 heterocycles. The summed E-state index contributed by atoms with van der Waals surface area (Å²) in [6.07, 6.45) is 5.77. The maximum Gasteiger partial charge on any atom is 0.271 e. The van der Waals surface area contributed by atoms with Crippen LogP contribution in [-0.4, -0.2) is 16.2 Å². The molecule has 2 aliphatic rings. The lowest BCUT2D eigenvalue weighted by Crippen LogP contribution is -2.38. The normalized spacial score (nSPS) is 16.4. The first-order valence-corrected chi connectivity index (χ1v) is 14.4. The van der Waals surface area contributed by atoms with Crippen LogP contribution < -0.4 is 19.6 Å². The molecule has 0 amide bonds. The zero-order chi connectivity index (χ0) is 27.4. The summed E-state index contributed by atoms with van der Waals surface area (Å²) in [6, 6.07) is 24.7. The Morgan fingerprint density at radius 3 is 2.62 bits per heavy atom. The van der Waals surface area contributed by atoms with Gasteiger partial charge in [-0.15, -0.1) is 6.58 Å². The van der Waals surface area contributed by atoms with E-state index in [1.165, 1.54) is 28.0 Å². The van der Waals surface area contributed by atoms with E-state index < -0.39 is 0 Å². The van der Waals surface area contributed by atoms with E-state index >= 15 is 0 Å². The summed E-state index contributed by atoms with van der Waals surface area (Å²) in [4.78, 5) is 20.1. The molecule has 5 aromatic rings. The van der Waals surface area contributed by atoms with E-state index in [4.69, 9.17) is 9.73 Å². The van der Waals surface area contributed by atoms with E-state index in [2.05, 4.69) is 78.7 Å². The molecular formula is C34H29N3O2S. The number of para-hydroxylation sites is 1. The van der Waals surface area contributed by atoms with Crippen molar-refractivity contribution in [3.63, 3.8) is 0 Å². The second kappa shape index (κ2) is 9.65. The van der Waals surface area contributed by atoms with Crippen molar-refractivity contribution in [3.05, 3.63) is 139 Å². The van der Waals surface area contributed by atoms with Crippen LogP contribution in [0.5, 0.6) is 5.75 Å². The summed E-state index contributed by atoms with van der Waals surface area (Å²) < 4.78 is 10.3. The Labute approximate surface area is 236 Å². The third-order valence-electron chi connectivity index (χ3n) is 8.17. The van der Waals surface area contributed by atoms with E-state index in [1.54, 1.807) is 7.11 Å². The van der Waals surface area contributed by atoms with Crippen LogP contribution in [0.25, 0.3) is 22.7 Å². The maximum absolute atomic E-state index is 14.2. The monoisotopic (exact) mass is 543 g/mol. The van der Waals surface area contributed by atoms with Crippen LogP contribution in [0.1, 0.15) is 40.4 Å². The van der Waals surface area contributed by atoms with E-state index in [0.717, 1.165) is 56.8 Å². The largest absolute Gasteiger partial charge is 0.497 e. The summed E-state index contributed by atoms with van der Waals surface area (Å²) >= 11 is 1.47. The third kappa shape index (κ3) is 3.74. The average molecular weight is 544 g/mol. The first-order chi connectivity index (χ1) is 19.6. The van der Waals surface area contributed by atoms with Crippen LogP contribution in [0.3, 0.4) is 0 Å². The van der Waals surface area contributed by atoms with Gasteiger partial charge in [0.15, 0.2) is 4.80 Å². The van der Waals surface area contributed by atoms with Gasteiger partial charge in [-0.05, 0) is 60.7 Å². The molecule has 0 N–H and O–H groups in total. The molecule has 1 aliphatic heterocycles. The highest BCUT2D eigenvalue weighted by atomic mass is 32.1. The van der Waals surface area contributed by atoms with Gasteiger partial charge in [0.2, 0.25) is 0 Å². The van der Waals surface area contributed by atoms with Crippen molar-refractivity contribution in [2.45, 2.75) is 32.4 Å². The third-order valence-corrected chi connectivity index (χ3v) is 9.15. The van der Waals surface area contributed by atoms with Crippen molar-refractivity contribution in [1.29, 1.82) is 0 Å². The number of fused-ring (bicyclic) bond motifs is 4. The topological polar surface area (TPSA) is 48.5 Å². The van der Waals surface area contributed by atoms with Gasteiger partial charge in [-0.25, -0.2) is 4.99 Å². The van der Waals surface area contributed by atoms with Crippen molar-refractivity contribution in [3.8, 4) is 5.75 Å². The fraction of sp³-hybridized carbons (Fsp3) is 0.176. The van der Waals surface area contributed by atoms with Gasteiger partial charge >= 0.3 is 0 Å². The van der Waals surface area contributed by atoms with Crippen LogP contribution in [0.15, 0.2) is 101 Å². The maximum atomic E-state index is 14.2. The molecule has 6 heteroatoms. The van der Waals surface area contributed by atoms with Crippen molar-refractivity contribution >= 4 is 34.0 Å². The van der Waals surface area contributed by atoms with Crippen molar-refractivity contribution < 1.29 is 4.74 Å². The van der Waals surface area contributed by atoms with Gasteiger partial charge in [-0.3, -0.25) is 9.36 Å². The smallest absolute Gasteiger partial charge is 0.271 e. The molecule has 7 rings (SSSR count). The molecule has 1 aliphatic carbocycles. The molecule has 0 bridgehead atoms. The molecule has 40 heavy (non-hydrogen) atoms. The van der Waals surface area contributed by atoms with Crippen LogP contribution >= 0.6 is 11.3 Å². The van der Waals surface area contributed by atoms with Gasteiger partial charge in [-0.2, -0.15) is 0 Å². The number of hydrogen-bond acceptors (Lipinski definition) is 4. The second-order valence-corrected chi connectivity index (χ2v) is 11.3. The van der Waals surface area contributed by atoms with E-state index in [0.29, 0.717) is 11.1 Å². The van der Waals surface area contributed by atoms with Crippen LogP contribution in [-0.2, 0) is 13.0 Å². The van der Waals surface area contributed by atoms with Crippen molar-refractivity contribution in [2.24, 2.45) is 4.99 Å². The van der Waals surface area contributed by atoms with E-state index in [9.17, 15) is 4.79 Å². The molecule has 0 saturated carbocycles. The summed E-state index contributed by atoms with van der Waals surface area (Å²) in [7, 11) is 1.67. The van der Waals surface area contributed by atoms with Gasteiger partial charge in [0.05, 0.1) is 23.4 Å². The molecular weight excluding hydrogens is 514 g/mol. The number of ether oxygens (including phenoxy) is 1. The number of allylic oxidation sites excluding steroid dienone is 2. The number of benzene rings is 3. The predicted octanol–water partition coefficient (Wildman–Crippen LogP) is 5.78. The Morgan fingerprint density at radius 2 is 1.82 bits per heavy atom. The number of aryl methyl sites for hydroxylation is 1. The molecule has 1 atom stereocenters. The summed E-state index contributed by atoms with van der Waals surface area (Å²) in [5.74, 6) is 0.797. The molecule has 0 spiro atoms. The van der Waals surface area contributed by atoms with E-state index in [1.807, 2.05) is 28.8 Å². The van der Waals surface area contributed by atoms with Gasteiger partial charge < -0.3 is 9.30 Å². The fourth-order valence-corrected chi connectivity index (χ4v) is 7.23. The summed E-state index contributed by atoms with van der Waals surface area (Å²) in [6.45, 7) is 6.77. The van der Waals surface area contributed by atoms with Gasteiger partial charge in [0.25, 0.3) is 5.56 Å². The lowest BCUT2D eigenvalue weighted by atomic mass is 9.83. The number of thiazole rings is 1. The highest BCUT2D eigenvalue weighted by Gasteiger charge is 2.32. The molecule has 5 nitrogen and oxygen atoms in total. The number of aromatic nitrogens is 2. The molecule has 2 aromatic heterocycles. The lowest BCUT2D eigenvalue weighted by Gasteiger charge is -2.30. The van der Waals surface area contributed by atoms with Crippen molar-refractivity contribution in [2.75, 3.05) is 7.11 Å². The van der Waals surface area contributed by atoms with Crippen LogP contribution in [0.2, 0.25) is 0 Å². The first kappa shape index (κ1) is 24.6. The van der Waals surface area contributed by atoms with E-state index in [-0.39, 0.29) is 11.6 Å².